The normalized spacial score (nSPS) is 17.0. The minimum atomic E-state index is 0.0973. The fourth-order valence-electron chi connectivity index (χ4n) is 2.94. The average molecular weight is 316 g/mol. The minimum Gasteiger partial charge on any atom is -0.0915 e. The van der Waals surface area contributed by atoms with Crippen LogP contribution in [0.15, 0.2) is 90.6 Å². The summed E-state index contributed by atoms with van der Waals surface area (Å²) in [7, 11) is 0. The van der Waals surface area contributed by atoms with Crippen LogP contribution in [0.2, 0.25) is 0 Å². The molecule has 0 heterocycles. The Morgan fingerprint density at radius 2 is 1.92 bits per heavy atom. The Kier molecular flexibility index (Phi) is 5.98. The maximum atomic E-state index is 4.20. The van der Waals surface area contributed by atoms with Crippen LogP contribution in [0.4, 0.5) is 0 Å². The van der Waals surface area contributed by atoms with Crippen molar-refractivity contribution in [3.63, 3.8) is 0 Å². The first-order valence-corrected chi connectivity index (χ1v) is 8.60. The van der Waals surface area contributed by atoms with Gasteiger partial charge in [0.05, 0.1) is 0 Å². The number of benzene rings is 1. The number of hydrogen-bond donors (Lipinski definition) is 0. The molecule has 0 amide bonds. The lowest BCUT2D eigenvalue weighted by Crippen LogP contribution is -2.10. The molecule has 1 aliphatic carbocycles. The zero-order valence-corrected chi connectivity index (χ0v) is 15.3. The average Bonchev–Trinajstić information content (AvgIpc) is 2.83. The highest BCUT2D eigenvalue weighted by atomic mass is 14.3. The molecule has 1 aromatic carbocycles. The minimum absolute atomic E-state index is 0.0973. The van der Waals surface area contributed by atoms with E-state index < -0.39 is 0 Å². The van der Waals surface area contributed by atoms with E-state index in [-0.39, 0.29) is 5.41 Å². The number of allylic oxidation sites excluding steroid dienone is 11. The van der Waals surface area contributed by atoms with Crippen molar-refractivity contribution in [2.24, 2.45) is 0 Å². The van der Waals surface area contributed by atoms with Crippen molar-refractivity contribution in [2.45, 2.75) is 39.5 Å². The first kappa shape index (κ1) is 18.0. The fraction of sp³-hybridized carbons (Fsp3) is 0.250. The van der Waals surface area contributed by atoms with Crippen LogP contribution in [0.3, 0.4) is 0 Å². The lowest BCUT2D eigenvalue weighted by atomic mass is 9.87. The molecule has 1 aliphatic rings. The van der Waals surface area contributed by atoms with Crippen LogP contribution in [-0.4, -0.2) is 0 Å². The molecule has 0 heteroatoms. The van der Waals surface area contributed by atoms with Crippen LogP contribution in [-0.2, 0) is 5.41 Å². The standard InChI is InChI=1S/C24H28/c1-6-7-8-9-10-13-19(2)20(3)16-17-21-18-24(4,5)23-15-12-11-14-22(21)23/h6-9,11-18H,3,10H2,1-2,4-5H3/b7-6-,9-8-,17-16-,19-13-. The Labute approximate surface area is 147 Å². The van der Waals surface area contributed by atoms with Crippen molar-refractivity contribution in [3.05, 3.63) is 102 Å². The third kappa shape index (κ3) is 4.35. The maximum Gasteiger partial charge on any atom is 0.00906 e. The molecule has 0 saturated carbocycles. The highest BCUT2D eigenvalue weighted by Gasteiger charge is 2.27. The molecule has 0 nitrogen and oxygen atoms in total. The molecule has 0 fully saturated rings. The molecule has 2 rings (SSSR count). The zero-order valence-electron chi connectivity index (χ0n) is 15.3. The second-order valence-corrected chi connectivity index (χ2v) is 6.80. The summed E-state index contributed by atoms with van der Waals surface area (Å²) in [6, 6.07) is 8.66. The van der Waals surface area contributed by atoms with E-state index in [9.17, 15) is 0 Å². The Balaban J connectivity index is 2.08. The molecule has 0 radical (unpaired) electrons. The molecule has 0 saturated heterocycles. The Morgan fingerprint density at radius 3 is 2.67 bits per heavy atom. The van der Waals surface area contributed by atoms with Gasteiger partial charge in [0.1, 0.15) is 0 Å². The van der Waals surface area contributed by atoms with Gasteiger partial charge < -0.3 is 0 Å². The van der Waals surface area contributed by atoms with Crippen LogP contribution in [0.25, 0.3) is 5.57 Å². The van der Waals surface area contributed by atoms with Gasteiger partial charge in [-0.05, 0) is 48.1 Å². The second kappa shape index (κ2) is 7.97. The van der Waals surface area contributed by atoms with E-state index >= 15 is 0 Å². The number of fused-ring (bicyclic) bond motifs is 1. The fourth-order valence-corrected chi connectivity index (χ4v) is 2.94. The van der Waals surface area contributed by atoms with Crippen molar-refractivity contribution in [1.82, 2.24) is 0 Å². The smallest absolute Gasteiger partial charge is 0.00906 e. The van der Waals surface area contributed by atoms with Crippen LogP contribution < -0.4 is 0 Å². The van der Waals surface area contributed by atoms with E-state index in [0.29, 0.717) is 0 Å². The summed E-state index contributed by atoms with van der Waals surface area (Å²) >= 11 is 0. The largest absolute Gasteiger partial charge is 0.0915 e. The van der Waals surface area contributed by atoms with Gasteiger partial charge in [0.2, 0.25) is 0 Å². The Hall–Kier alpha value is -2.34. The second-order valence-electron chi connectivity index (χ2n) is 6.80. The van der Waals surface area contributed by atoms with Gasteiger partial charge in [0.15, 0.2) is 0 Å². The third-order valence-corrected chi connectivity index (χ3v) is 4.42. The maximum absolute atomic E-state index is 4.20. The van der Waals surface area contributed by atoms with Crippen molar-refractivity contribution >= 4 is 5.57 Å². The predicted molar refractivity (Wildman–Crippen MR) is 108 cm³/mol. The van der Waals surface area contributed by atoms with Gasteiger partial charge in [0.25, 0.3) is 0 Å². The number of rotatable bonds is 6. The molecule has 1 aromatic rings. The van der Waals surface area contributed by atoms with E-state index in [2.05, 4.69) is 88.1 Å². The van der Waals surface area contributed by atoms with Gasteiger partial charge in [-0.15, -0.1) is 0 Å². The van der Waals surface area contributed by atoms with E-state index in [4.69, 9.17) is 0 Å². The summed E-state index contributed by atoms with van der Waals surface area (Å²) in [5.74, 6) is 0. The van der Waals surface area contributed by atoms with Gasteiger partial charge in [0, 0.05) is 5.41 Å². The van der Waals surface area contributed by atoms with Crippen molar-refractivity contribution in [3.8, 4) is 0 Å². The molecular formula is C24H28. The summed E-state index contributed by atoms with van der Waals surface area (Å²) in [5, 5.41) is 0. The summed E-state index contributed by atoms with van der Waals surface area (Å²) in [6.45, 7) is 12.9. The lowest BCUT2D eigenvalue weighted by Gasteiger charge is -2.16. The van der Waals surface area contributed by atoms with Crippen molar-refractivity contribution in [2.75, 3.05) is 0 Å². The summed E-state index contributed by atoms with van der Waals surface area (Å²) in [5.41, 5.74) is 6.41. The van der Waals surface area contributed by atoms with Crippen molar-refractivity contribution in [1.29, 1.82) is 0 Å². The monoisotopic (exact) mass is 316 g/mol. The van der Waals surface area contributed by atoms with Gasteiger partial charge in [-0.3, -0.25) is 0 Å². The van der Waals surface area contributed by atoms with Crippen molar-refractivity contribution < 1.29 is 0 Å². The van der Waals surface area contributed by atoms with Gasteiger partial charge >= 0.3 is 0 Å². The van der Waals surface area contributed by atoms with Crippen LogP contribution >= 0.6 is 0 Å². The van der Waals surface area contributed by atoms with Gasteiger partial charge in [-0.2, -0.15) is 0 Å². The molecule has 0 aliphatic heterocycles. The van der Waals surface area contributed by atoms with Crippen LogP contribution in [0.1, 0.15) is 45.2 Å². The highest BCUT2D eigenvalue weighted by Crippen LogP contribution is 2.40. The molecule has 0 aromatic heterocycles. The highest BCUT2D eigenvalue weighted by molar-refractivity contribution is 5.83. The first-order valence-electron chi connectivity index (χ1n) is 8.60. The molecular weight excluding hydrogens is 288 g/mol. The molecule has 124 valence electrons. The molecule has 0 atom stereocenters. The van der Waals surface area contributed by atoms with Crippen LogP contribution in [0, 0.1) is 0 Å². The van der Waals surface area contributed by atoms with Gasteiger partial charge in [-0.25, -0.2) is 0 Å². The van der Waals surface area contributed by atoms with E-state index in [0.717, 1.165) is 12.0 Å². The third-order valence-electron chi connectivity index (χ3n) is 4.42. The van der Waals surface area contributed by atoms with E-state index in [1.165, 1.54) is 22.3 Å². The zero-order chi connectivity index (χ0) is 17.6. The molecule has 0 spiro atoms. The molecule has 24 heavy (non-hydrogen) atoms. The quantitative estimate of drug-likeness (QED) is 0.498. The first-order chi connectivity index (χ1) is 11.5. The molecule has 0 unspecified atom stereocenters. The lowest BCUT2D eigenvalue weighted by molar-refractivity contribution is 0.683. The summed E-state index contributed by atoms with van der Waals surface area (Å²) in [4.78, 5) is 0. The molecule has 0 bridgehead atoms. The number of hydrogen-bond acceptors (Lipinski definition) is 0. The van der Waals surface area contributed by atoms with E-state index in [1.54, 1.807) is 0 Å². The molecule has 0 N–H and O–H groups in total. The Bertz CT molecular complexity index is 746. The van der Waals surface area contributed by atoms with E-state index in [1.807, 2.05) is 19.1 Å². The predicted octanol–water partition coefficient (Wildman–Crippen LogP) is 6.94. The SMILES string of the molecule is C=C(/C=C\C1=CC(C)(C)c2ccccc21)/C(C)=C\C/C=C\C=C/C. The summed E-state index contributed by atoms with van der Waals surface area (Å²) in [6.07, 6.45) is 18.1. The summed E-state index contributed by atoms with van der Waals surface area (Å²) < 4.78 is 0. The van der Waals surface area contributed by atoms with Crippen LogP contribution in [0.5, 0.6) is 0 Å². The topological polar surface area (TPSA) is 0 Å². The van der Waals surface area contributed by atoms with Gasteiger partial charge in [-0.1, -0.05) is 93.3 Å². The Morgan fingerprint density at radius 1 is 1.17 bits per heavy atom.